The first-order valence-electron chi connectivity index (χ1n) is 5.99. The van der Waals surface area contributed by atoms with Gasteiger partial charge in [-0.05, 0) is 17.5 Å². The van der Waals surface area contributed by atoms with Crippen LogP contribution >= 0.6 is 0 Å². The third-order valence-electron chi connectivity index (χ3n) is 3.40. The lowest BCUT2D eigenvalue weighted by Crippen LogP contribution is -2.14. The Kier molecular flexibility index (Phi) is 2.56. The van der Waals surface area contributed by atoms with Crippen molar-refractivity contribution in [2.75, 3.05) is 0 Å². The first-order chi connectivity index (χ1) is 8.77. The molecule has 0 heterocycles. The first kappa shape index (κ1) is 10.9. The number of Topliss-reactive ketones (excluding diaryl/α,β-unsaturated/α-hetero) is 2. The number of hydrogen-bond acceptors (Lipinski definition) is 2. The van der Waals surface area contributed by atoms with Crippen molar-refractivity contribution in [3.63, 3.8) is 0 Å². The van der Waals surface area contributed by atoms with Crippen molar-refractivity contribution in [2.45, 2.75) is 12.3 Å². The van der Waals surface area contributed by atoms with Gasteiger partial charge in [0.2, 0.25) is 11.6 Å². The average Bonchev–Trinajstić information content (AvgIpc) is 2.66. The zero-order valence-corrected chi connectivity index (χ0v) is 9.80. The second-order valence-electron chi connectivity index (χ2n) is 4.52. The predicted molar refractivity (Wildman–Crippen MR) is 68.7 cm³/mol. The van der Waals surface area contributed by atoms with E-state index in [9.17, 15) is 9.59 Å². The summed E-state index contributed by atoms with van der Waals surface area (Å²) in [5.74, 6) is -0.928. The molecular weight excluding hydrogens is 224 g/mol. The number of benzene rings is 2. The Morgan fingerprint density at radius 3 is 2.28 bits per heavy atom. The monoisotopic (exact) mass is 236 g/mol. The summed E-state index contributed by atoms with van der Waals surface area (Å²) in [6.07, 6.45) is 0.600. The molecule has 0 bridgehead atoms. The quantitative estimate of drug-likeness (QED) is 0.751. The molecular formula is C16H12O2. The number of fused-ring (bicyclic) bond motifs is 1. The molecule has 1 aliphatic carbocycles. The fourth-order valence-corrected chi connectivity index (χ4v) is 2.49. The molecule has 0 saturated carbocycles. The van der Waals surface area contributed by atoms with Crippen molar-refractivity contribution in [2.24, 2.45) is 0 Å². The van der Waals surface area contributed by atoms with Crippen LogP contribution in [-0.2, 0) is 11.2 Å². The third kappa shape index (κ3) is 1.66. The van der Waals surface area contributed by atoms with Gasteiger partial charge < -0.3 is 0 Å². The van der Waals surface area contributed by atoms with Gasteiger partial charge in [0.05, 0.1) is 5.92 Å². The Bertz CT molecular complexity index is 614. The largest absolute Gasteiger partial charge is 0.290 e. The minimum absolute atomic E-state index is 0.278. The summed E-state index contributed by atoms with van der Waals surface area (Å²) in [6, 6.07) is 17.1. The second kappa shape index (κ2) is 4.22. The van der Waals surface area contributed by atoms with Gasteiger partial charge in [-0.15, -0.1) is 0 Å². The number of carbonyl (C=O) groups excluding carboxylic acids is 2. The summed E-state index contributed by atoms with van der Waals surface area (Å²) in [5.41, 5.74) is 2.53. The van der Waals surface area contributed by atoms with Crippen LogP contribution in [0.3, 0.4) is 0 Å². The van der Waals surface area contributed by atoms with Crippen molar-refractivity contribution in [1.29, 1.82) is 0 Å². The molecule has 3 rings (SSSR count). The molecule has 0 amide bonds. The normalized spacial score (nSPS) is 17.9. The summed E-state index contributed by atoms with van der Waals surface area (Å²) < 4.78 is 0. The van der Waals surface area contributed by atoms with E-state index in [1.54, 1.807) is 12.1 Å². The van der Waals surface area contributed by atoms with Gasteiger partial charge in [0.1, 0.15) is 0 Å². The maximum absolute atomic E-state index is 12.0. The Morgan fingerprint density at radius 1 is 0.833 bits per heavy atom. The minimum Gasteiger partial charge on any atom is -0.290 e. The van der Waals surface area contributed by atoms with E-state index in [2.05, 4.69) is 0 Å². The highest BCUT2D eigenvalue weighted by atomic mass is 16.2. The molecule has 0 aliphatic heterocycles. The van der Waals surface area contributed by atoms with Crippen LogP contribution in [0.2, 0.25) is 0 Å². The van der Waals surface area contributed by atoms with Crippen LogP contribution < -0.4 is 0 Å². The SMILES string of the molecule is O=C1C(=O)C(Cc2ccccc2)c2ccccc21. The van der Waals surface area contributed by atoms with Gasteiger partial charge in [-0.25, -0.2) is 0 Å². The van der Waals surface area contributed by atoms with E-state index in [-0.39, 0.29) is 17.5 Å². The lowest BCUT2D eigenvalue weighted by molar-refractivity contribution is -0.115. The van der Waals surface area contributed by atoms with E-state index in [0.29, 0.717) is 12.0 Å². The van der Waals surface area contributed by atoms with E-state index in [0.717, 1.165) is 11.1 Å². The van der Waals surface area contributed by atoms with Crippen LogP contribution in [0.1, 0.15) is 27.4 Å². The van der Waals surface area contributed by atoms with Gasteiger partial charge in [-0.3, -0.25) is 9.59 Å². The molecule has 0 fully saturated rings. The lowest BCUT2D eigenvalue weighted by atomic mass is 9.93. The second-order valence-corrected chi connectivity index (χ2v) is 4.52. The number of ketones is 2. The van der Waals surface area contributed by atoms with Gasteiger partial charge in [0.25, 0.3) is 0 Å². The van der Waals surface area contributed by atoms with Crippen molar-refractivity contribution in [3.05, 3.63) is 71.3 Å². The average molecular weight is 236 g/mol. The smallest absolute Gasteiger partial charge is 0.229 e. The van der Waals surface area contributed by atoms with Gasteiger partial charge in [0, 0.05) is 5.56 Å². The Morgan fingerprint density at radius 2 is 1.50 bits per heavy atom. The highest BCUT2D eigenvalue weighted by Gasteiger charge is 2.37. The number of hydrogen-bond donors (Lipinski definition) is 0. The molecule has 1 unspecified atom stereocenters. The molecule has 88 valence electrons. The summed E-state index contributed by atoms with van der Waals surface area (Å²) in [5, 5.41) is 0. The Hall–Kier alpha value is -2.22. The topological polar surface area (TPSA) is 34.1 Å². The van der Waals surface area contributed by atoms with Crippen LogP contribution in [0.15, 0.2) is 54.6 Å². The first-order valence-corrected chi connectivity index (χ1v) is 5.99. The van der Waals surface area contributed by atoms with Crippen LogP contribution in [0.4, 0.5) is 0 Å². The van der Waals surface area contributed by atoms with Crippen LogP contribution in [-0.4, -0.2) is 11.6 Å². The summed E-state index contributed by atoms with van der Waals surface area (Å²) in [7, 11) is 0. The van der Waals surface area contributed by atoms with Crippen LogP contribution in [0, 0.1) is 0 Å². The standard InChI is InChI=1S/C16H12O2/c17-15-13-9-5-4-8-12(13)14(16(15)18)10-11-6-2-1-3-7-11/h1-9,14H,10H2. The molecule has 2 aromatic carbocycles. The molecule has 18 heavy (non-hydrogen) atoms. The fourth-order valence-electron chi connectivity index (χ4n) is 2.49. The van der Waals surface area contributed by atoms with Gasteiger partial charge in [-0.1, -0.05) is 54.6 Å². The maximum atomic E-state index is 12.0. The van der Waals surface area contributed by atoms with Crippen LogP contribution in [0.5, 0.6) is 0 Å². The summed E-state index contributed by atoms with van der Waals surface area (Å²) in [4.78, 5) is 23.9. The maximum Gasteiger partial charge on any atom is 0.229 e. The molecule has 2 nitrogen and oxygen atoms in total. The zero-order chi connectivity index (χ0) is 12.5. The number of rotatable bonds is 2. The highest BCUT2D eigenvalue weighted by molar-refractivity contribution is 6.48. The van der Waals surface area contributed by atoms with Gasteiger partial charge in [-0.2, -0.15) is 0 Å². The Balaban J connectivity index is 1.99. The van der Waals surface area contributed by atoms with E-state index in [4.69, 9.17) is 0 Å². The minimum atomic E-state index is -0.341. The van der Waals surface area contributed by atoms with Crippen molar-refractivity contribution in [3.8, 4) is 0 Å². The molecule has 2 heteroatoms. The summed E-state index contributed by atoms with van der Waals surface area (Å²) in [6.45, 7) is 0. The van der Waals surface area contributed by atoms with E-state index < -0.39 is 0 Å². The molecule has 0 aromatic heterocycles. The van der Waals surface area contributed by atoms with Crippen molar-refractivity contribution in [1.82, 2.24) is 0 Å². The van der Waals surface area contributed by atoms with Crippen molar-refractivity contribution < 1.29 is 9.59 Å². The molecule has 0 saturated heterocycles. The molecule has 1 aliphatic rings. The van der Waals surface area contributed by atoms with Gasteiger partial charge in [0.15, 0.2) is 0 Å². The fraction of sp³-hybridized carbons (Fsp3) is 0.125. The lowest BCUT2D eigenvalue weighted by Gasteiger charge is -2.09. The van der Waals surface area contributed by atoms with E-state index in [1.807, 2.05) is 42.5 Å². The van der Waals surface area contributed by atoms with E-state index >= 15 is 0 Å². The Labute approximate surface area is 105 Å². The molecule has 1 atom stereocenters. The third-order valence-corrected chi connectivity index (χ3v) is 3.40. The van der Waals surface area contributed by atoms with Crippen LogP contribution in [0.25, 0.3) is 0 Å². The van der Waals surface area contributed by atoms with Crippen molar-refractivity contribution >= 4 is 11.6 Å². The summed E-state index contributed by atoms with van der Waals surface area (Å²) >= 11 is 0. The van der Waals surface area contributed by atoms with Gasteiger partial charge >= 0.3 is 0 Å². The molecule has 2 aromatic rings. The molecule has 0 spiro atoms. The zero-order valence-electron chi connectivity index (χ0n) is 9.80. The highest BCUT2D eigenvalue weighted by Crippen LogP contribution is 2.32. The molecule has 0 N–H and O–H groups in total. The molecule has 0 radical (unpaired) electrons. The predicted octanol–water partition coefficient (Wildman–Crippen LogP) is 2.78. The van der Waals surface area contributed by atoms with E-state index in [1.165, 1.54) is 0 Å². The number of carbonyl (C=O) groups is 2.